The minimum Gasteiger partial charge on any atom is -0.397 e. The molecule has 0 saturated heterocycles. The van der Waals surface area contributed by atoms with Crippen LogP contribution in [-0.2, 0) is 0 Å². The Morgan fingerprint density at radius 3 is 2.57 bits per heavy atom. The SMILES string of the molecule is CC(O)C(C)(C)Nc1ccc(N)cn1. The average Bonchev–Trinajstić information content (AvgIpc) is 2.08. The second kappa shape index (κ2) is 3.84. The highest BCUT2D eigenvalue weighted by Crippen LogP contribution is 2.16. The van der Waals surface area contributed by atoms with Crippen LogP contribution in [-0.4, -0.2) is 21.7 Å². The lowest BCUT2D eigenvalue weighted by atomic mass is 9.99. The first-order chi connectivity index (χ1) is 6.42. The first-order valence-electron chi connectivity index (χ1n) is 4.59. The molecule has 0 bridgehead atoms. The second-order valence-corrected chi connectivity index (χ2v) is 4.00. The molecule has 0 amide bonds. The average molecular weight is 195 g/mol. The van der Waals surface area contributed by atoms with E-state index >= 15 is 0 Å². The molecule has 4 N–H and O–H groups in total. The predicted molar refractivity (Wildman–Crippen MR) is 58.0 cm³/mol. The molecule has 0 aromatic carbocycles. The molecule has 78 valence electrons. The molecule has 1 unspecified atom stereocenters. The zero-order valence-electron chi connectivity index (χ0n) is 8.78. The number of aliphatic hydroxyl groups excluding tert-OH is 1. The van der Waals surface area contributed by atoms with Crippen molar-refractivity contribution in [2.45, 2.75) is 32.4 Å². The Bertz CT molecular complexity index is 293. The van der Waals surface area contributed by atoms with Gasteiger partial charge in [0, 0.05) is 0 Å². The number of anilines is 2. The molecular formula is C10H17N3O. The third-order valence-corrected chi connectivity index (χ3v) is 2.28. The molecule has 14 heavy (non-hydrogen) atoms. The number of nitrogens with one attached hydrogen (secondary N) is 1. The zero-order valence-corrected chi connectivity index (χ0v) is 8.78. The molecule has 4 heteroatoms. The first kappa shape index (κ1) is 10.8. The lowest BCUT2D eigenvalue weighted by molar-refractivity contribution is 0.133. The third-order valence-electron chi connectivity index (χ3n) is 2.28. The maximum atomic E-state index is 9.48. The number of pyridine rings is 1. The second-order valence-electron chi connectivity index (χ2n) is 4.00. The van der Waals surface area contributed by atoms with Crippen molar-refractivity contribution in [3.8, 4) is 0 Å². The summed E-state index contributed by atoms with van der Waals surface area (Å²) >= 11 is 0. The van der Waals surface area contributed by atoms with Crippen LogP contribution in [0.25, 0.3) is 0 Å². The highest BCUT2D eigenvalue weighted by Gasteiger charge is 2.23. The molecule has 1 rings (SSSR count). The molecule has 0 spiro atoms. The normalized spacial score (nSPS) is 13.7. The number of nitrogen functional groups attached to an aromatic ring is 1. The number of hydrogen-bond donors (Lipinski definition) is 3. The van der Waals surface area contributed by atoms with Gasteiger partial charge in [0.2, 0.25) is 0 Å². The van der Waals surface area contributed by atoms with Crippen LogP contribution in [0.5, 0.6) is 0 Å². The summed E-state index contributed by atoms with van der Waals surface area (Å²) in [4.78, 5) is 4.10. The smallest absolute Gasteiger partial charge is 0.126 e. The van der Waals surface area contributed by atoms with E-state index in [4.69, 9.17) is 5.73 Å². The monoisotopic (exact) mass is 195 g/mol. The van der Waals surface area contributed by atoms with Crippen molar-refractivity contribution in [1.82, 2.24) is 4.98 Å². The van der Waals surface area contributed by atoms with Crippen molar-refractivity contribution >= 4 is 11.5 Å². The Kier molecular flexibility index (Phi) is 2.96. The van der Waals surface area contributed by atoms with Crippen molar-refractivity contribution in [2.24, 2.45) is 0 Å². The summed E-state index contributed by atoms with van der Waals surface area (Å²) in [5, 5.41) is 12.6. The highest BCUT2D eigenvalue weighted by molar-refractivity contribution is 5.45. The van der Waals surface area contributed by atoms with E-state index in [1.54, 1.807) is 25.3 Å². The van der Waals surface area contributed by atoms with Crippen molar-refractivity contribution in [3.05, 3.63) is 18.3 Å². The molecule has 0 saturated carbocycles. The van der Waals surface area contributed by atoms with Gasteiger partial charge in [-0.25, -0.2) is 4.98 Å². The molecule has 0 fully saturated rings. The molecule has 0 aliphatic heterocycles. The van der Waals surface area contributed by atoms with Gasteiger partial charge in [-0.3, -0.25) is 0 Å². The fourth-order valence-electron chi connectivity index (χ4n) is 0.914. The van der Waals surface area contributed by atoms with Gasteiger partial charge in [-0.05, 0) is 32.9 Å². The Hall–Kier alpha value is -1.29. The van der Waals surface area contributed by atoms with Crippen molar-refractivity contribution in [1.29, 1.82) is 0 Å². The fourth-order valence-corrected chi connectivity index (χ4v) is 0.914. The standard InChI is InChI=1S/C10H17N3O/c1-7(14)10(2,3)13-9-5-4-8(11)6-12-9/h4-7,14H,11H2,1-3H3,(H,12,13). The van der Waals surface area contributed by atoms with Crippen LogP contribution >= 0.6 is 0 Å². The Morgan fingerprint density at radius 2 is 2.14 bits per heavy atom. The molecular weight excluding hydrogens is 178 g/mol. The number of hydrogen-bond acceptors (Lipinski definition) is 4. The molecule has 1 heterocycles. The van der Waals surface area contributed by atoms with E-state index in [1.807, 2.05) is 13.8 Å². The maximum Gasteiger partial charge on any atom is 0.126 e. The van der Waals surface area contributed by atoms with Crippen LogP contribution in [0.4, 0.5) is 11.5 Å². The summed E-state index contributed by atoms with van der Waals surface area (Å²) in [5.74, 6) is 0.713. The van der Waals surface area contributed by atoms with E-state index in [0.29, 0.717) is 11.5 Å². The fraction of sp³-hybridized carbons (Fsp3) is 0.500. The van der Waals surface area contributed by atoms with Gasteiger partial charge in [0.05, 0.1) is 23.5 Å². The van der Waals surface area contributed by atoms with Gasteiger partial charge in [0.1, 0.15) is 5.82 Å². The lowest BCUT2D eigenvalue weighted by Gasteiger charge is -2.29. The van der Waals surface area contributed by atoms with Crippen LogP contribution in [0.2, 0.25) is 0 Å². The minimum absolute atomic E-state index is 0.400. The summed E-state index contributed by atoms with van der Waals surface area (Å²) < 4.78 is 0. The molecule has 0 aliphatic rings. The summed E-state index contributed by atoms with van der Waals surface area (Å²) in [6.45, 7) is 5.57. The largest absolute Gasteiger partial charge is 0.397 e. The Morgan fingerprint density at radius 1 is 1.50 bits per heavy atom. The molecule has 4 nitrogen and oxygen atoms in total. The predicted octanol–water partition coefficient (Wildman–Crippen LogP) is 1.24. The van der Waals surface area contributed by atoms with Gasteiger partial charge in [-0.1, -0.05) is 0 Å². The van der Waals surface area contributed by atoms with E-state index in [2.05, 4.69) is 10.3 Å². The van der Waals surface area contributed by atoms with Gasteiger partial charge in [-0.15, -0.1) is 0 Å². The first-order valence-corrected chi connectivity index (χ1v) is 4.59. The molecule has 1 atom stereocenters. The van der Waals surface area contributed by atoms with Gasteiger partial charge >= 0.3 is 0 Å². The number of aromatic nitrogens is 1. The number of aliphatic hydroxyl groups is 1. The summed E-state index contributed by atoms with van der Waals surface area (Å²) in [5.41, 5.74) is 5.74. The van der Waals surface area contributed by atoms with Crippen molar-refractivity contribution < 1.29 is 5.11 Å². The van der Waals surface area contributed by atoms with Crippen LogP contribution < -0.4 is 11.1 Å². The van der Waals surface area contributed by atoms with Gasteiger partial charge in [0.25, 0.3) is 0 Å². The van der Waals surface area contributed by atoms with Gasteiger partial charge in [-0.2, -0.15) is 0 Å². The summed E-state index contributed by atoms with van der Waals surface area (Å²) in [6, 6.07) is 3.56. The van der Waals surface area contributed by atoms with E-state index in [1.165, 1.54) is 0 Å². The van der Waals surface area contributed by atoms with Crippen LogP contribution in [0.3, 0.4) is 0 Å². The molecule has 0 radical (unpaired) electrons. The number of rotatable bonds is 3. The minimum atomic E-state index is -0.457. The van der Waals surface area contributed by atoms with Crippen molar-refractivity contribution in [2.75, 3.05) is 11.1 Å². The van der Waals surface area contributed by atoms with Gasteiger partial charge < -0.3 is 16.2 Å². The Labute approximate surface area is 84.2 Å². The van der Waals surface area contributed by atoms with E-state index in [0.717, 1.165) is 0 Å². The number of nitrogens with two attached hydrogens (primary N) is 1. The van der Waals surface area contributed by atoms with Crippen LogP contribution in [0.15, 0.2) is 18.3 Å². The highest BCUT2D eigenvalue weighted by atomic mass is 16.3. The quantitative estimate of drug-likeness (QED) is 0.678. The van der Waals surface area contributed by atoms with E-state index in [-0.39, 0.29) is 0 Å². The molecule has 0 aliphatic carbocycles. The van der Waals surface area contributed by atoms with Gasteiger partial charge in [0.15, 0.2) is 0 Å². The van der Waals surface area contributed by atoms with E-state index < -0.39 is 11.6 Å². The third kappa shape index (κ3) is 2.60. The molecule has 1 aromatic rings. The summed E-state index contributed by atoms with van der Waals surface area (Å²) in [7, 11) is 0. The summed E-state index contributed by atoms with van der Waals surface area (Å²) in [6.07, 6.45) is 1.13. The zero-order chi connectivity index (χ0) is 10.8. The van der Waals surface area contributed by atoms with Crippen LogP contribution in [0.1, 0.15) is 20.8 Å². The van der Waals surface area contributed by atoms with E-state index in [9.17, 15) is 5.11 Å². The van der Waals surface area contributed by atoms with Crippen molar-refractivity contribution in [3.63, 3.8) is 0 Å². The number of nitrogens with zero attached hydrogens (tertiary/aromatic N) is 1. The maximum absolute atomic E-state index is 9.48. The van der Waals surface area contributed by atoms with Crippen LogP contribution in [0, 0.1) is 0 Å². The Balaban J connectivity index is 2.74. The molecule has 1 aromatic heterocycles. The lowest BCUT2D eigenvalue weighted by Crippen LogP contribution is -2.42. The topological polar surface area (TPSA) is 71.2 Å².